The average Bonchev–Trinajstić information content (AvgIpc) is 2.84. The van der Waals surface area contributed by atoms with Gasteiger partial charge in [-0.25, -0.2) is 0 Å². The lowest BCUT2D eigenvalue weighted by Crippen LogP contribution is -2.49. The third-order valence-corrected chi connectivity index (χ3v) is 5.95. The number of carbonyl (C=O) groups excluding carboxylic acids is 2. The third kappa shape index (κ3) is 6.70. The number of likely N-dealkylation sites (tertiary alicyclic amines) is 1. The van der Waals surface area contributed by atoms with Gasteiger partial charge in [-0.05, 0) is 57.4 Å². The minimum atomic E-state index is -0.171. The molecule has 0 saturated carbocycles. The first-order valence-electron chi connectivity index (χ1n) is 11.9. The standard InChI is InChI=1S/C26H35N3O4/c1-4-6-14-28-25(30)22-10-9-19(3)29(17-22)26(31)21-11-12-23(24(15-21)32-5-2)33-18-20-8-7-13-27-16-20/h7-8,11-13,15-16,19,22H,4-6,9-10,14,17-18H2,1-3H3,(H,28,30). The highest BCUT2D eigenvalue weighted by Crippen LogP contribution is 2.31. The summed E-state index contributed by atoms with van der Waals surface area (Å²) in [6.07, 6.45) is 7.08. The van der Waals surface area contributed by atoms with E-state index in [-0.39, 0.29) is 23.8 Å². The number of nitrogens with zero attached hydrogens (tertiary/aromatic N) is 2. The highest BCUT2D eigenvalue weighted by Gasteiger charge is 2.33. The van der Waals surface area contributed by atoms with Crippen molar-refractivity contribution in [2.45, 2.75) is 59.1 Å². The number of aromatic nitrogens is 1. The first-order chi connectivity index (χ1) is 16.0. The Kier molecular flexibility index (Phi) is 9.10. The molecule has 2 heterocycles. The van der Waals surface area contributed by atoms with Gasteiger partial charge in [0, 0.05) is 42.7 Å². The van der Waals surface area contributed by atoms with Gasteiger partial charge in [0.05, 0.1) is 12.5 Å². The minimum absolute atomic E-state index is 0.0438. The lowest BCUT2D eigenvalue weighted by molar-refractivity contribution is -0.126. The van der Waals surface area contributed by atoms with Gasteiger partial charge in [-0.1, -0.05) is 19.4 Å². The number of unbranched alkanes of at least 4 members (excludes halogenated alkanes) is 1. The Bertz CT molecular complexity index is 919. The summed E-state index contributed by atoms with van der Waals surface area (Å²) in [7, 11) is 0. The Morgan fingerprint density at radius 2 is 2.00 bits per heavy atom. The predicted octanol–water partition coefficient (Wildman–Crippen LogP) is 4.22. The van der Waals surface area contributed by atoms with Gasteiger partial charge < -0.3 is 19.7 Å². The van der Waals surface area contributed by atoms with E-state index in [4.69, 9.17) is 9.47 Å². The van der Waals surface area contributed by atoms with Crippen molar-refractivity contribution in [3.63, 3.8) is 0 Å². The molecule has 0 aliphatic carbocycles. The summed E-state index contributed by atoms with van der Waals surface area (Å²) in [4.78, 5) is 31.9. The van der Waals surface area contributed by atoms with Crippen molar-refractivity contribution < 1.29 is 19.1 Å². The highest BCUT2D eigenvalue weighted by molar-refractivity contribution is 5.95. The predicted molar refractivity (Wildman–Crippen MR) is 127 cm³/mol. The molecule has 7 nitrogen and oxygen atoms in total. The first-order valence-corrected chi connectivity index (χ1v) is 11.9. The van der Waals surface area contributed by atoms with Crippen LogP contribution < -0.4 is 14.8 Å². The second-order valence-corrected chi connectivity index (χ2v) is 8.47. The van der Waals surface area contributed by atoms with Crippen LogP contribution in [0.1, 0.15) is 62.4 Å². The van der Waals surface area contributed by atoms with Crippen molar-refractivity contribution in [1.82, 2.24) is 15.2 Å². The first kappa shape index (κ1) is 24.6. The van der Waals surface area contributed by atoms with E-state index in [0.29, 0.717) is 43.4 Å². The molecule has 7 heteroatoms. The quantitative estimate of drug-likeness (QED) is 0.545. The summed E-state index contributed by atoms with van der Waals surface area (Å²) in [5.74, 6) is 0.897. The summed E-state index contributed by atoms with van der Waals surface area (Å²) in [5.41, 5.74) is 1.48. The van der Waals surface area contributed by atoms with Gasteiger partial charge in [0.25, 0.3) is 5.91 Å². The summed E-state index contributed by atoms with van der Waals surface area (Å²) >= 11 is 0. The van der Waals surface area contributed by atoms with Crippen molar-refractivity contribution in [3.05, 3.63) is 53.9 Å². The van der Waals surface area contributed by atoms with Crippen LogP contribution in [0.5, 0.6) is 11.5 Å². The number of ether oxygens (including phenoxy) is 2. The fraction of sp³-hybridized carbons (Fsp3) is 0.500. The Morgan fingerprint density at radius 1 is 1.15 bits per heavy atom. The van der Waals surface area contributed by atoms with Crippen molar-refractivity contribution >= 4 is 11.8 Å². The maximum atomic E-state index is 13.4. The summed E-state index contributed by atoms with van der Waals surface area (Å²) < 4.78 is 11.7. The number of rotatable bonds is 10. The van der Waals surface area contributed by atoms with E-state index in [2.05, 4.69) is 17.2 Å². The van der Waals surface area contributed by atoms with E-state index in [0.717, 1.165) is 31.2 Å². The molecule has 0 bridgehead atoms. The van der Waals surface area contributed by atoms with E-state index < -0.39 is 0 Å². The normalized spacial score (nSPS) is 18.0. The molecule has 3 rings (SSSR count). The van der Waals surface area contributed by atoms with Gasteiger partial charge in [0.15, 0.2) is 11.5 Å². The molecule has 1 fully saturated rings. The fourth-order valence-corrected chi connectivity index (χ4v) is 3.98. The van der Waals surface area contributed by atoms with E-state index in [1.807, 2.05) is 30.9 Å². The van der Waals surface area contributed by atoms with Crippen molar-refractivity contribution in [2.75, 3.05) is 19.7 Å². The average molecular weight is 454 g/mol. The number of benzene rings is 1. The fourth-order valence-electron chi connectivity index (χ4n) is 3.98. The number of hydrogen-bond acceptors (Lipinski definition) is 5. The molecule has 1 aliphatic heterocycles. The highest BCUT2D eigenvalue weighted by atomic mass is 16.5. The molecule has 1 aliphatic rings. The molecule has 1 saturated heterocycles. The Morgan fingerprint density at radius 3 is 2.73 bits per heavy atom. The van der Waals surface area contributed by atoms with Gasteiger partial charge in [0.2, 0.25) is 5.91 Å². The number of piperidine rings is 1. The van der Waals surface area contributed by atoms with Gasteiger partial charge in [-0.3, -0.25) is 14.6 Å². The van der Waals surface area contributed by atoms with Gasteiger partial charge in [0.1, 0.15) is 6.61 Å². The minimum Gasteiger partial charge on any atom is -0.490 e. The Hall–Kier alpha value is -3.09. The lowest BCUT2D eigenvalue weighted by Gasteiger charge is -2.37. The number of amides is 2. The molecule has 2 unspecified atom stereocenters. The molecule has 0 spiro atoms. The van der Waals surface area contributed by atoms with Crippen molar-refractivity contribution in [1.29, 1.82) is 0 Å². The maximum Gasteiger partial charge on any atom is 0.254 e. The van der Waals surface area contributed by atoms with Crippen molar-refractivity contribution in [3.8, 4) is 11.5 Å². The second-order valence-electron chi connectivity index (χ2n) is 8.47. The van der Waals surface area contributed by atoms with Crippen molar-refractivity contribution in [2.24, 2.45) is 5.92 Å². The SMILES string of the molecule is CCCCNC(=O)C1CCC(C)N(C(=O)c2ccc(OCc3cccnc3)c(OCC)c2)C1. The lowest BCUT2D eigenvalue weighted by atomic mass is 9.92. The molecule has 0 radical (unpaired) electrons. The zero-order valence-corrected chi connectivity index (χ0v) is 19.9. The number of hydrogen-bond donors (Lipinski definition) is 1. The van der Waals surface area contributed by atoms with Crippen LogP contribution in [0.2, 0.25) is 0 Å². The maximum absolute atomic E-state index is 13.4. The number of pyridine rings is 1. The molecule has 1 aromatic carbocycles. The van der Waals surface area contributed by atoms with Crippen LogP contribution in [0.15, 0.2) is 42.7 Å². The van der Waals surface area contributed by atoms with Crippen LogP contribution in [-0.2, 0) is 11.4 Å². The molecule has 2 atom stereocenters. The van der Waals surface area contributed by atoms with E-state index in [1.165, 1.54) is 0 Å². The molecular formula is C26H35N3O4. The van der Waals surface area contributed by atoms with Crippen LogP contribution in [0.25, 0.3) is 0 Å². The van der Waals surface area contributed by atoms with E-state index >= 15 is 0 Å². The summed E-state index contributed by atoms with van der Waals surface area (Å²) in [5, 5.41) is 3.01. The van der Waals surface area contributed by atoms with Crippen LogP contribution in [0, 0.1) is 5.92 Å². The Balaban J connectivity index is 1.70. The van der Waals surface area contributed by atoms with Gasteiger partial charge in [-0.2, -0.15) is 0 Å². The summed E-state index contributed by atoms with van der Waals surface area (Å²) in [6, 6.07) is 9.16. The molecular weight excluding hydrogens is 418 g/mol. The molecule has 33 heavy (non-hydrogen) atoms. The largest absolute Gasteiger partial charge is 0.490 e. The van der Waals surface area contributed by atoms with Crippen LogP contribution in [0.3, 0.4) is 0 Å². The van der Waals surface area contributed by atoms with Crippen LogP contribution in [0.4, 0.5) is 0 Å². The van der Waals surface area contributed by atoms with Crippen LogP contribution in [-0.4, -0.2) is 47.4 Å². The molecule has 1 aromatic heterocycles. The van der Waals surface area contributed by atoms with E-state index in [1.54, 1.807) is 30.6 Å². The molecule has 178 valence electrons. The zero-order chi connectivity index (χ0) is 23.6. The smallest absolute Gasteiger partial charge is 0.254 e. The summed E-state index contributed by atoms with van der Waals surface area (Å²) in [6.45, 7) is 7.97. The topological polar surface area (TPSA) is 80.8 Å². The monoisotopic (exact) mass is 453 g/mol. The number of carbonyl (C=O) groups is 2. The van der Waals surface area contributed by atoms with Gasteiger partial charge in [-0.15, -0.1) is 0 Å². The second kappa shape index (κ2) is 12.2. The molecule has 1 N–H and O–H groups in total. The van der Waals surface area contributed by atoms with Crippen LogP contribution >= 0.6 is 0 Å². The molecule has 2 aromatic rings. The number of nitrogens with one attached hydrogen (secondary N) is 1. The third-order valence-electron chi connectivity index (χ3n) is 5.95. The van der Waals surface area contributed by atoms with Gasteiger partial charge >= 0.3 is 0 Å². The van der Waals surface area contributed by atoms with E-state index in [9.17, 15) is 9.59 Å². The molecule has 2 amide bonds. The Labute approximate surface area is 196 Å². The zero-order valence-electron chi connectivity index (χ0n) is 19.9.